The van der Waals surface area contributed by atoms with Gasteiger partial charge >= 0.3 is 6.03 Å². The van der Waals surface area contributed by atoms with Gasteiger partial charge in [-0.1, -0.05) is 12.1 Å². The summed E-state index contributed by atoms with van der Waals surface area (Å²) in [6, 6.07) is 18.4. The zero-order chi connectivity index (χ0) is 26.8. The average molecular weight is 544 g/mol. The first kappa shape index (κ1) is 25.4. The van der Waals surface area contributed by atoms with Crippen LogP contribution in [0.2, 0.25) is 0 Å². The molecule has 0 saturated carbocycles. The lowest BCUT2D eigenvalue weighted by Gasteiger charge is -2.35. The van der Waals surface area contributed by atoms with Gasteiger partial charge in [0, 0.05) is 68.6 Å². The number of thiophene rings is 1. The number of anilines is 3. The summed E-state index contributed by atoms with van der Waals surface area (Å²) in [5.41, 5.74) is 3.23. The van der Waals surface area contributed by atoms with Crippen molar-refractivity contribution in [3.05, 3.63) is 60.9 Å². The molecule has 0 unspecified atom stereocenters. The van der Waals surface area contributed by atoms with E-state index in [1.807, 2.05) is 29.2 Å². The molecule has 2 aliphatic heterocycles. The number of fused-ring (bicyclic) bond motifs is 1. The van der Waals surface area contributed by atoms with Gasteiger partial charge in [-0.25, -0.2) is 14.8 Å². The van der Waals surface area contributed by atoms with Crippen LogP contribution in [0.3, 0.4) is 0 Å². The molecule has 0 aliphatic carbocycles. The summed E-state index contributed by atoms with van der Waals surface area (Å²) in [5.74, 6) is 1.70. The molecule has 6 rings (SSSR count). The maximum atomic E-state index is 12.8. The second kappa shape index (κ2) is 11.1. The van der Waals surface area contributed by atoms with Gasteiger partial charge < -0.3 is 29.7 Å². The van der Waals surface area contributed by atoms with E-state index in [-0.39, 0.29) is 6.03 Å². The summed E-state index contributed by atoms with van der Waals surface area (Å²) in [6.07, 6.45) is 1.65. The van der Waals surface area contributed by atoms with Crippen molar-refractivity contribution >= 4 is 44.8 Å². The topological polar surface area (TPSA) is 77.1 Å². The number of rotatable bonds is 5. The molecule has 2 fully saturated rings. The van der Waals surface area contributed by atoms with E-state index in [9.17, 15) is 4.79 Å². The molecule has 0 spiro atoms. The summed E-state index contributed by atoms with van der Waals surface area (Å²) >= 11 is 1.70. The first-order valence-corrected chi connectivity index (χ1v) is 14.1. The number of methoxy groups -OCH3 is 1. The highest BCUT2D eigenvalue weighted by Crippen LogP contribution is 2.37. The SMILES string of the molecule is COc1ccc(NC(=O)N2CCN(c3ncnc4sc(-c5ccc(N6CCN(C)CC6)cc5)cc34)CC2)cc1. The maximum absolute atomic E-state index is 12.8. The molecule has 9 nitrogen and oxygen atoms in total. The summed E-state index contributed by atoms with van der Waals surface area (Å²) in [4.78, 5) is 33.1. The van der Waals surface area contributed by atoms with Crippen LogP contribution < -0.4 is 19.9 Å². The molecule has 4 heterocycles. The van der Waals surface area contributed by atoms with Gasteiger partial charge in [0.15, 0.2) is 0 Å². The number of ether oxygens (including phenoxy) is 1. The molecule has 1 N–H and O–H groups in total. The van der Waals surface area contributed by atoms with E-state index in [4.69, 9.17) is 4.74 Å². The van der Waals surface area contributed by atoms with Gasteiger partial charge in [0.05, 0.1) is 12.5 Å². The molecule has 4 aromatic rings. The molecule has 0 atom stereocenters. The Morgan fingerprint density at radius 1 is 0.872 bits per heavy atom. The summed E-state index contributed by atoms with van der Waals surface area (Å²) < 4.78 is 5.19. The summed E-state index contributed by atoms with van der Waals surface area (Å²) in [5, 5.41) is 4.05. The van der Waals surface area contributed by atoms with E-state index in [1.165, 1.54) is 16.1 Å². The van der Waals surface area contributed by atoms with E-state index < -0.39 is 0 Å². The fourth-order valence-corrected chi connectivity index (χ4v) is 6.14. The standard InChI is InChI=1S/C29H33N7O2S/c1-33-11-13-34(14-12-33)23-7-3-21(4-8-23)26-19-25-27(30-20-31-28(25)39-26)35-15-17-36(18-16-35)29(37)32-22-5-9-24(38-2)10-6-22/h3-10,19-20H,11-18H2,1-2H3,(H,32,37). The van der Waals surface area contributed by atoms with Crippen LogP contribution in [0.25, 0.3) is 20.7 Å². The lowest BCUT2D eigenvalue weighted by atomic mass is 10.1. The fourth-order valence-electron chi connectivity index (χ4n) is 5.14. The normalized spacial score (nSPS) is 16.5. The third-order valence-electron chi connectivity index (χ3n) is 7.54. The van der Waals surface area contributed by atoms with E-state index in [0.717, 1.165) is 53.7 Å². The number of benzene rings is 2. The van der Waals surface area contributed by atoms with Crippen LogP contribution in [-0.2, 0) is 0 Å². The van der Waals surface area contributed by atoms with Crippen molar-refractivity contribution in [1.29, 1.82) is 0 Å². The van der Waals surface area contributed by atoms with Gasteiger partial charge in [-0.15, -0.1) is 11.3 Å². The molecule has 10 heteroatoms. The Morgan fingerprint density at radius 2 is 1.56 bits per heavy atom. The Labute approximate surface area is 232 Å². The number of carbonyl (C=O) groups is 1. The van der Waals surface area contributed by atoms with Crippen molar-refractivity contribution in [2.24, 2.45) is 0 Å². The molecule has 0 radical (unpaired) electrons. The number of carbonyl (C=O) groups excluding carboxylic acids is 1. The van der Waals surface area contributed by atoms with Gasteiger partial charge in [0.2, 0.25) is 0 Å². The Morgan fingerprint density at radius 3 is 2.26 bits per heavy atom. The number of piperazine rings is 2. The van der Waals surface area contributed by atoms with Crippen LogP contribution in [0.5, 0.6) is 5.75 Å². The van der Waals surface area contributed by atoms with Crippen molar-refractivity contribution in [3.63, 3.8) is 0 Å². The van der Waals surface area contributed by atoms with Crippen LogP contribution >= 0.6 is 11.3 Å². The van der Waals surface area contributed by atoms with Crippen molar-refractivity contribution < 1.29 is 9.53 Å². The van der Waals surface area contributed by atoms with E-state index in [0.29, 0.717) is 26.2 Å². The van der Waals surface area contributed by atoms with Crippen LogP contribution in [-0.4, -0.2) is 92.3 Å². The first-order valence-electron chi connectivity index (χ1n) is 13.3. The summed E-state index contributed by atoms with van der Waals surface area (Å²) in [6.45, 7) is 7.00. The van der Waals surface area contributed by atoms with Gasteiger partial charge in [0.25, 0.3) is 0 Å². The number of hydrogen-bond acceptors (Lipinski definition) is 8. The minimum Gasteiger partial charge on any atom is -0.497 e. The van der Waals surface area contributed by atoms with Gasteiger partial charge in [-0.3, -0.25) is 0 Å². The van der Waals surface area contributed by atoms with Gasteiger partial charge in [-0.2, -0.15) is 0 Å². The molecule has 2 amide bonds. The summed E-state index contributed by atoms with van der Waals surface area (Å²) in [7, 11) is 3.81. The Kier molecular flexibility index (Phi) is 7.21. The Balaban J connectivity index is 1.12. The number of aromatic nitrogens is 2. The van der Waals surface area contributed by atoms with Crippen LogP contribution in [0.15, 0.2) is 60.9 Å². The quantitative estimate of drug-likeness (QED) is 0.398. The highest BCUT2D eigenvalue weighted by molar-refractivity contribution is 7.21. The van der Waals surface area contributed by atoms with Crippen molar-refractivity contribution in [2.75, 3.05) is 81.6 Å². The van der Waals surface area contributed by atoms with Crippen LogP contribution in [0.1, 0.15) is 0 Å². The second-order valence-electron chi connectivity index (χ2n) is 10.00. The van der Waals surface area contributed by atoms with Crippen LogP contribution in [0, 0.1) is 0 Å². The molecule has 202 valence electrons. The molecule has 39 heavy (non-hydrogen) atoms. The molecule has 2 saturated heterocycles. The lowest BCUT2D eigenvalue weighted by molar-refractivity contribution is 0.208. The largest absolute Gasteiger partial charge is 0.497 e. The Hall–Kier alpha value is -3.89. The molecule has 0 bridgehead atoms. The predicted octanol–water partition coefficient (Wildman–Crippen LogP) is 4.47. The molecule has 2 aromatic heterocycles. The first-order chi connectivity index (χ1) is 19.1. The number of likely N-dealkylation sites (N-methyl/N-ethyl adjacent to an activating group) is 1. The van der Waals surface area contributed by atoms with Crippen molar-refractivity contribution in [1.82, 2.24) is 19.8 Å². The van der Waals surface area contributed by atoms with E-state index in [1.54, 1.807) is 24.8 Å². The zero-order valence-corrected chi connectivity index (χ0v) is 23.2. The number of hydrogen-bond donors (Lipinski definition) is 1. The third kappa shape index (κ3) is 5.48. The maximum Gasteiger partial charge on any atom is 0.321 e. The Bertz CT molecular complexity index is 1420. The van der Waals surface area contributed by atoms with Crippen molar-refractivity contribution in [2.45, 2.75) is 0 Å². The van der Waals surface area contributed by atoms with Crippen molar-refractivity contribution in [3.8, 4) is 16.2 Å². The number of nitrogens with one attached hydrogen (secondary N) is 1. The lowest BCUT2D eigenvalue weighted by Crippen LogP contribution is -2.50. The highest BCUT2D eigenvalue weighted by Gasteiger charge is 2.24. The monoisotopic (exact) mass is 543 g/mol. The predicted molar refractivity (Wildman–Crippen MR) is 158 cm³/mol. The third-order valence-corrected chi connectivity index (χ3v) is 8.63. The van der Waals surface area contributed by atoms with Crippen LogP contribution in [0.4, 0.5) is 22.0 Å². The molecule has 2 aliphatic rings. The molecular weight excluding hydrogens is 510 g/mol. The van der Waals surface area contributed by atoms with Gasteiger partial charge in [-0.05, 0) is 55.1 Å². The highest BCUT2D eigenvalue weighted by atomic mass is 32.1. The van der Waals surface area contributed by atoms with E-state index >= 15 is 0 Å². The smallest absolute Gasteiger partial charge is 0.321 e. The molecule has 2 aromatic carbocycles. The second-order valence-corrected chi connectivity index (χ2v) is 11.0. The number of nitrogens with zero attached hydrogens (tertiary/aromatic N) is 6. The van der Waals surface area contributed by atoms with Gasteiger partial charge in [0.1, 0.15) is 22.7 Å². The minimum absolute atomic E-state index is 0.0921. The zero-order valence-electron chi connectivity index (χ0n) is 22.3. The minimum atomic E-state index is -0.0921. The number of amides is 2. The molecular formula is C29H33N7O2S. The fraction of sp³-hybridized carbons (Fsp3) is 0.345. The number of urea groups is 1. The average Bonchev–Trinajstić information content (AvgIpc) is 3.43. The van der Waals surface area contributed by atoms with E-state index in [2.05, 4.69) is 67.4 Å².